The Morgan fingerprint density at radius 3 is 1.76 bits per heavy atom. The molecule has 0 fully saturated rings. The number of rotatable bonds is 11. The van der Waals surface area contributed by atoms with E-state index in [0.717, 1.165) is 41.0 Å². The van der Waals surface area contributed by atoms with E-state index in [2.05, 4.69) is 6.58 Å². The first kappa shape index (κ1) is 36.2. The largest absolute Gasteiger partial charge is 0.465 e. The normalized spacial score (nSPS) is 15.3. The fourth-order valence-electron chi connectivity index (χ4n) is 6.27. The van der Waals surface area contributed by atoms with E-state index in [9.17, 15) is 35.9 Å². The van der Waals surface area contributed by atoms with Gasteiger partial charge in [0.1, 0.15) is 0 Å². The number of halogens is 6. The Bertz CT molecular complexity index is 1860. The van der Waals surface area contributed by atoms with E-state index in [1.807, 2.05) is 24.3 Å². The first-order valence-electron chi connectivity index (χ1n) is 15.9. The minimum absolute atomic E-state index is 0.00554. The summed E-state index contributed by atoms with van der Waals surface area (Å²) in [7, 11) is 0. The van der Waals surface area contributed by atoms with Crippen LogP contribution in [0, 0.1) is 5.92 Å². The van der Waals surface area contributed by atoms with Gasteiger partial charge in [0.05, 0.1) is 30.3 Å². The molecule has 50 heavy (non-hydrogen) atoms. The molecule has 0 amide bonds. The predicted octanol–water partition coefficient (Wildman–Crippen LogP) is 10.6. The molecule has 4 aromatic carbocycles. The van der Waals surface area contributed by atoms with Crippen LogP contribution in [0.15, 0.2) is 103 Å². The van der Waals surface area contributed by atoms with Crippen molar-refractivity contribution in [1.29, 1.82) is 0 Å². The van der Waals surface area contributed by atoms with Crippen molar-refractivity contribution < 1.29 is 45.4 Å². The van der Waals surface area contributed by atoms with Gasteiger partial charge in [-0.3, -0.25) is 4.79 Å². The Balaban J connectivity index is 1.71. The lowest BCUT2D eigenvalue weighted by Crippen LogP contribution is -2.30. The molecule has 0 radical (unpaired) electrons. The highest BCUT2D eigenvalue weighted by molar-refractivity contribution is 5.87. The average Bonchev–Trinajstić information content (AvgIpc) is 3.33. The van der Waals surface area contributed by atoms with E-state index in [4.69, 9.17) is 9.47 Å². The fraction of sp³-hybridized carbons (Fsp3) is 0.282. The van der Waals surface area contributed by atoms with Gasteiger partial charge in [-0.2, -0.15) is 26.3 Å². The summed E-state index contributed by atoms with van der Waals surface area (Å²) >= 11 is 0. The lowest BCUT2D eigenvalue weighted by Gasteiger charge is -2.33. The topological polar surface area (TPSA) is 55.8 Å². The van der Waals surface area contributed by atoms with E-state index in [-0.39, 0.29) is 54.6 Å². The number of esters is 2. The molecule has 4 aromatic rings. The van der Waals surface area contributed by atoms with Crippen LogP contribution < -0.4 is 4.90 Å². The first-order chi connectivity index (χ1) is 23.5. The van der Waals surface area contributed by atoms with Crippen molar-refractivity contribution in [3.63, 3.8) is 0 Å². The van der Waals surface area contributed by atoms with E-state index in [1.165, 1.54) is 36.1 Å². The van der Waals surface area contributed by atoms with Gasteiger partial charge in [-0.05, 0) is 90.6 Å². The number of carbonyl (C=O) groups is 2. The summed E-state index contributed by atoms with van der Waals surface area (Å²) in [5, 5.41) is 0. The van der Waals surface area contributed by atoms with Crippen LogP contribution in [-0.2, 0) is 36.8 Å². The lowest BCUT2D eigenvalue weighted by molar-refractivity contribution is -0.147. The molecule has 0 bridgehead atoms. The van der Waals surface area contributed by atoms with Gasteiger partial charge in [0, 0.05) is 28.1 Å². The van der Waals surface area contributed by atoms with E-state index in [0.29, 0.717) is 5.56 Å². The summed E-state index contributed by atoms with van der Waals surface area (Å²) in [4.78, 5) is 26.2. The van der Waals surface area contributed by atoms with Crippen molar-refractivity contribution in [3.8, 4) is 11.1 Å². The third-order valence-corrected chi connectivity index (χ3v) is 8.73. The zero-order valence-corrected chi connectivity index (χ0v) is 27.6. The van der Waals surface area contributed by atoms with Crippen molar-refractivity contribution in [2.75, 3.05) is 18.1 Å². The Labute approximate surface area is 286 Å². The van der Waals surface area contributed by atoms with Gasteiger partial charge >= 0.3 is 24.3 Å². The number of ether oxygens (including phenoxy) is 2. The Morgan fingerprint density at radius 2 is 1.22 bits per heavy atom. The number of carbonyl (C=O) groups excluding carboxylic acids is 2. The van der Waals surface area contributed by atoms with E-state index < -0.39 is 40.8 Å². The minimum atomic E-state index is -4.71. The van der Waals surface area contributed by atoms with Crippen molar-refractivity contribution in [3.05, 3.63) is 125 Å². The maximum Gasteiger partial charge on any atom is 0.416 e. The highest BCUT2D eigenvalue weighted by atomic mass is 19.4. The second-order valence-corrected chi connectivity index (χ2v) is 12.5. The summed E-state index contributed by atoms with van der Waals surface area (Å²) in [6.45, 7) is 8.51. The quantitative estimate of drug-likeness (QED) is 0.0888. The van der Waals surface area contributed by atoms with Crippen LogP contribution >= 0.6 is 0 Å². The van der Waals surface area contributed by atoms with Gasteiger partial charge in [0.25, 0.3) is 0 Å². The zero-order chi connectivity index (χ0) is 36.4. The molecule has 262 valence electrons. The Hall–Kier alpha value is -5.06. The minimum Gasteiger partial charge on any atom is -0.465 e. The molecule has 0 spiro atoms. The molecule has 0 aliphatic heterocycles. The van der Waals surface area contributed by atoms with Crippen LogP contribution in [0.2, 0.25) is 0 Å². The molecule has 0 aromatic heterocycles. The van der Waals surface area contributed by atoms with Gasteiger partial charge < -0.3 is 14.4 Å². The van der Waals surface area contributed by atoms with Crippen LogP contribution in [0.5, 0.6) is 0 Å². The molecular formula is C39H35F6NO4. The molecule has 0 N–H and O–H groups in total. The number of hydrogen-bond donors (Lipinski definition) is 0. The van der Waals surface area contributed by atoms with Crippen LogP contribution in [0.4, 0.5) is 43.4 Å². The predicted molar refractivity (Wildman–Crippen MR) is 178 cm³/mol. The molecule has 5 rings (SSSR count). The molecule has 1 atom stereocenters. The maximum atomic E-state index is 13.9. The van der Waals surface area contributed by atoms with Crippen LogP contribution in [-0.4, -0.2) is 25.2 Å². The monoisotopic (exact) mass is 695 g/mol. The molecule has 0 heterocycles. The Kier molecular flexibility index (Phi) is 10.2. The summed E-state index contributed by atoms with van der Waals surface area (Å²) in [5.74, 6) is -1.38. The average molecular weight is 696 g/mol. The molecule has 1 unspecified atom stereocenters. The van der Waals surface area contributed by atoms with Crippen molar-refractivity contribution in [1.82, 2.24) is 0 Å². The molecule has 1 aliphatic rings. The standard InChI is InChI=1S/C39H35F6NO4/c1-24(2)35(47)49-19-17-37(18-20-50-36(48)25(3)4)33-14-6-5-13-31(33)32-16-15-30(23-34(32)37)46(28-11-7-9-26(21-28)38(40,41)42)29-12-8-10-27(22-29)39(43,44)45/h5-16,21-23,25H,1,17-20H2,2-4H3. The van der Waals surface area contributed by atoms with E-state index in [1.54, 1.807) is 32.0 Å². The molecule has 11 heteroatoms. The maximum absolute atomic E-state index is 13.9. The van der Waals surface area contributed by atoms with E-state index >= 15 is 0 Å². The van der Waals surface area contributed by atoms with Gasteiger partial charge in [-0.1, -0.05) is 62.9 Å². The molecule has 5 nitrogen and oxygen atoms in total. The van der Waals surface area contributed by atoms with Crippen LogP contribution in [0.1, 0.15) is 55.9 Å². The molecule has 0 saturated carbocycles. The van der Waals surface area contributed by atoms with Crippen molar-refractivity contribution in [2.45, 2.75) is 51.4 Å². The number of hydrogen-bond acceptors (Lipinski definition) is 5. The third-order valence-electron chi connectivity index (χ3n) is 8.73. The van der Waals surface area contributed by atoms with Gasteiger partial charge in [-0.25, -0.2) is 4.79 Å². The second-order valence-electron chi connectivity index (χ2n) is 12.5. The van der Waals surface area contributed by atoms with Crippen molar-refractivity contribution in [2.24, 2.45) is 5.92 Å². The molecule has 0 saturated heterocycles. The van der Waals surface area contributed by atoms with Gasteiger partial charge in [-0.15, -0.1) is 0 Å². The summed E-state index contributed by atoms with van der Waals surface area (Å²) < 4.78 is 94.5. The lowest BCUT2D eigenvalue weighted by atomic mass is 9.73. The SMILES string of the molecule is C=C(C)C(=O)OCCC1(CCOC(=O)C(C)C)c2ccccc2-c2ccc(N(c3cccc(C(F)(F)F)c3)c3cccc(C(F)(F)F)c3)cc21. The number of fused-ring (bicyclic) bond motifs is 3. The molecule has 1 aliphatic carbocycles. The fourth-order valence-corrected chi connectivity index (χ4v) is 6.27. The smallest absolute Gasteiger partial charge is 0.416 e. The highest BCUT2D eigenvalue weighted by Gasteiger charge is 2.44. The summed E-state index contributed by atoms with van der Waals surface area (Å²) in [5.41, 5.74) is 0.761. The number of nitrogens with zero attached hydrogens (tertiary/aromatic N) is 1. The number of anilines is 3. The van der Waals surface area contributed by atoms with Gasteiger partial charge in [0.15, 0.2) is 0 Å². The second kappa shape index (κ2) is 14.0. The zero-order valence-electron chi connectivity index (χ0n) is 27.6. The first-order valence-corrected chi connectivity index (χ1v) is 15.9. The third kappa shape index (κ3) is 7.41. The van der Waals surface area contributed by atoms with Crippen LogP contribution in [0.25, 0.3) is 11.1 Å². The van der Waals surface area contributed by atoms with Crippen molar-refractivity contribution >= 4 is 29.0 Å². The highest BCUT2D eigenvalue weighted by Crippen LogP contribution is 2.54. The summed E-state index contributed by atoms with van der Waals surface area (Å²) in [6.07, 6.45) is -8.94. The number of alkyl halides is 6. The Morgan fingerprint density at radius 1 is 0.700 bits per heavy atom. The molecular weight excluding hydrogens is 660 g/mol. The van der Waals surface area contributed by atoms with Crippen LogP contribution in [0.3, 0.4) is 0 Å². The number of benzene rings is 4. The summed E-state index contributed by atoms with van der Waals surface area (Å²) in [6, 6.07) is 21.4. The van der Waals surface area contributed by atoms with Gasteiger partial charge in [0.2, 0.25) is 0 Å².